The molecule has 1 fully saturated rings. The molecule has 0 radical (unpaired) electrons. The van der Waals surface area contributed by atoms with Crippen molar-refractivity contribution < 1.29 is 4.79 Å². The second-order valence-electron chi connectivity index (χ2n) is 6.70. The van der Waals surface area contributed by atoms with Gasteiger partial charge in [-0.15, -0.1) is 0 Å². The van der Waals surface area contributed by atoms with Gasteiger partial charge in [0.1, 0.15) is 0 Å². The summed E-state index contributed by atoms with van der Waals surface area (Å²) < 4.78 is 0. The quantitative estimate of drug-likeness (QED) is 0.891. The van der Waals surface area contributed by atoms with Crippen molar-refractivity contribution >= 4 is 12.0 Å². The summed E-state index contributed by atoms with van der Waals surface area (Å²) in [6.07, 6.45) is 5.35. The average molecular weight is 291 g/mol. The molecule has 1 aromatic heterocycles. The van der Waals surface area contributed by atoms with E-state index in [1.54, 1.807) is 12.4 Å². The van der Waals surface area contributed by atoms with E-state index in [1.807, 2.05) is 6.07 Å². The fourth-order valence-corrected chi connectivity index (χ4v) is 2.26. The van der Waals surface area contributed by atoms with Crippen LogP contribution in [-0.2, 0) is 0 Å². The van der Waals surface area contributed by atoms with E-state index in [2.05, 4.69) is 46.3 Å². The lowest BCUT2D eigenvalue weighted by atomic mass is 9.97. The minimum Gasteiger partial charge on any atom is -0.341 e. The Bertz CT molecular complexity index is 449. The van der Waals surface area contributed by atoms with Crippen molar-refractivity contribution in [2.45, 2.75) is 39.7 Å². The molecule has 1 aliphatic heterocycles. The Morgan fingerprint density at radius 2 is 1.90 bits per heavy atom. The number of hydrogen-bond donors (Lipinski definition) is 2. The maximum Gasteiger partial charge on any atom is 0.315 e. The number of amides is 2. The molecule has 6 heteroatoms. The molecule has 6 nitrogen and oxygen atoms in total. The van der Waals surface area contributed by atoms with Crippen LogP contribution in [0.15, 0.2) is 18.5 Å². The highest BCUT2D eigenvalue weighted by Crippen LogP contribution is 2.15. The number of piperidine rings is 1. The van der Waals surface area contributed by atoms with Gasteiger partial charge < -0.3 is 15.5 Å². The summed E-state index contributed by atoms with van der Waals surface area (Å²) in [6, 6.07) is 1.97. The van der Waals surface area contributed by atoms with Gasteiger partial charge >= 0.3 is 6.03 Å². The second kappa shape index (κ2) is 6.74. The zero-order valence-electron chi connectivity index (χ0n) is 13.1. The molecule has 116 valence electrons. The highest BCUT2D eigenvalue weighted by Gasteiger charge is 2.22. The number of nitrogens with zero attached hydrogens (tertiary/aromatic N) is 3. The highest BCUT2D eigenvalue weighted by molar-refractivity contribution is 5.74. The van der Waals surface area contributed by atoms with E-state index in [0.717, 1.165) is 31.9 Å². The molecule has 2 heterocycles. The SMILES string of the molecule is CC(C)(C)CNC(=O)NC1CCN(c2ncccn2)CC1. The molecule has 2 rings (SSSR count). The Morgan fingerprint density at radius 3 is 2.48 bits per heavy atom. The lowest BCUT2D eigenvalue weighted by Crippen LogP contribution is -2.49. The molecule has 0 atom stereocenters. The molecule has 0 aliphatic carbocycles. The first-order valence-corrected chi connectivity index (χ1v) is 7.50. The molecule has 0 saturated carbocycles. The Labute approximate surface area is 126 Å². The minimum absolute atomic E-state index is 0.0701. The van der Waals surface area contributed by atoms with Gasteiger partial charge in [-0.05, 0) is 24.3 Å². The van der Waals surface area contributed by atoms with Gasteiger partial charge in [-0.25, -0.2) is 14.8 Å². The van der Waals surface area contributed by atoms with Crippen LogP contribution in [0, 0.1) is 5.41 Å². The topological polar surface area (TPSA) is 70.2 Å². The van der Waals surface area contributed by atoms with Crippen LogP contribution in [-0.4, -0.2) is 41.7 Å². The van der Waals surface area contributed by atoms with Crippen molar-refractivity contribution in [2.24, 2.45) is 5.41 Å². The van der Waals surface area contributed by atoms with Crippen molar-refractivity contribution in [3.63, 3.8) is 0 Å². The van der Waals surface area contributed by atoms with Gasteiger partial charge in [0.2, 0.25) is 5.95 Å². The molecule has 0 spiro atoms. The molecule has 0 aromatic carbocycles. The first-order chi connectivity index (χ1) is 9.94. The van der Waals surface area contributed by atoms with E-state index < -0.39 is 0 Å². The summed E-state index contributed by atoms with van der Waals surface area (Å²) >= 11 is 0. The number of rotatable bonds is 3. The van der Waals surface area contributed by atoms with Crippen molar-refractivity contribution in [2.75, 3.05) is 24.5 Å². The molecule has 1 aromatic rings. The van der Waals surface area contributed by atoms with Crippen LogP contribution < -0.4 is 15.5 Å². The number of urea groups is 1. The zero-order valence-corrected chi connectivity index (χ0v) is 13.1. The van der Waals surface area contributed by atoms with Gasteiger partial charge in [0, 0.05) is 38.1 Å². The van der Waals surface area contributed by atoms with Crippen LogP contribution in [0.3, 0.4) is 0 Å². The summed E-state index contributed by atoms with van der Waals surface area (Å²) in [5.41, 5.74) is 0.103. The standard InChI is InChI=1S/C15H25N5O/c1-15(2,3)11-18-14(21)19-12-5-9-20(10-6-12)13-16-7-4-8-17-13/h4,7-8,12H,5-6,9-11H2,1-3H3,(H2,18,19,21). The van der Waals surface area contributed by atoms with E-state index in [1.165, 1.54) is 0 Å². The number of anilines is 1. The Morgan fingerprint density at radius 1 is 1.29 bits per heavy atom. The number of hydrogen-bond acceptors (Lipinski definition) is 4. The first-order valence-electron chi connectivity index (χ1n) is 7.50. The van der Waals surface area contributed by atoms with Crippen LogP contribution in [0.25, 0.3) is 0 Å². The highest BCUT2D eigenvalue weighted by atomic mass is 16.2. The van der Waals surface area contributed by atoms with Crippen molar-refractivity contribution in [3.8, 4) is 0 Å². The Kier molecular flexibility index (Phi) is 4.98. The lowest BCUT2D eigenvalue weighted by molar-refractivity contribution is 0.229. The molecular weight excluding hydrogens is 266 g/mol. The van der Waals surface area contributed by atoms with E-state index in [4.69, 9.17) is 0 Å². The van der Waals surface area contributed by atoms with Crippen LogP contribution >= 0.6 is 0 Å². The molecule has 1 saturated heterocycles. The third-order valence-corrected chi connectivity index (χ3v) is 3.44. The number of nitrogens with one attached hydrogen (secondary N) is 2. The zero-order chi connectivity index (χ0) is 15.3. The van der Waals surface area contributed by atoms with E-state index >= 15 is 0 Å². The molecule has 2 N–H and O–H groups in total. The predicted molar refractivity (Wildman–Crippen MR) is 83.3 cm³/mol. The maximum absolute atomic E-state index is 11.8. The van der Waals surface area contributed by atoms with Gasteiger partial charge in [0.15, 0.2) is 0 Å². The Balaban J connectivity index is 1.73. The number of aromatic nitrogens is 2. The first kappa shape index (κ1) is 15.5. The van der Waals surface area contributed by atoms with Crippen molar-refractivity contribution in [1.82, 2.24) is 20.6 Å². The third-order valence-electron chi connectivity index (χ3n) is 3.44. The van der Waals surface area contributed by atoms with E-state index in [9.17, 15) is 4.79 Å². The normalized spacial score (nSPS) is 16.6. The molecule has 0 unspecified atom stereocenters. The van der Waals surface area contributed by atoms with Crippen LogP contribution in [0.1, 0.15) is 33.6 Å². The minimum atomic E-state index is -0.0701. The molecule has 1 aliphatic rings. The summed E-state index contributed by atoms with van der Waals surface area (Å²) in [7, 11) is 0. The third kappa shape index (κ3) is 5.21. The molecular formula is C15H25N5O. The number of carbonyl (C=O) groups excluding carboxylic acids is 1. The number of carbonyl (C=O) groups is 1. The smallest absolute Gasteiger partial charge is 0.315 e. The fraction of sp³-hybridized carbons (Fsp3) is 0.667. The van der Waals surface area contributed by atoms with Crippen molar-refractivity contribution in [1.29, 1.82) is 0 Å². The van der Waals surface area contributed by atoms with Gasteiger partial charge in [0.05, 0.1) is 0 Å². The van der Waals surface area contributed by atoms with Gasteiger partial charge in [-0.2, -0.15) is 0 Å². The van der Waals surface area contributed by atoms with Gasteiger partial charge in [-0.3, -0.25) is 0 Å². The fourth-order valence-electron chi connectivity index (χ4n) is 2.26. The van der Waals surface area contributed by atoms with Crippen LogP contribution in [0.5, 0.6) is 0 Å². The van der Waals surface area contributed by atoms with Gasteiger partial charge in [-0.1, -0.05) is 20.8 Å². The maximum atomic E-state index is 11.8. The molecule has 21 heavy (non-hydrogen) atoms. The summed E-state index contributed by atoms with van der Waals surface area (Å²) in [5, 5.41) is 5.97. The van der Waals surface area contributed by atoms with Gasteiger partial charge in [0.25, 0.3) is 0 Å². The average Bonchev–Trinajstić information content (AvgIpc) is 2.46. The Hall–Kier alpha value is -1.85. The monoisotopic (exact) mass is 291 g/mol. The van der Waals surface area contributed by atoms with E-state index in [0.29, 0.717) is 6.54 Å². The second-order valence-corrected chi connectivity index (χ2v) is 6.70. The summed E-state index contributed by atoms with van der Waals surface area (Å²) in [5.74, 6) is 0.771. The summed E-state index contributed by atoms with van der Waals surface area (Å²) in [6.45, 7) is 8.72. The van der Waals surface area contributed by atoms with Crippen LogP contribution in [0.4, 0.5) is 10.7 Å². The lowest BCUT2D eigenvalue weighted by Gasteiger charge is -2.32. The van der Waals surface area contributed by atoms with Crippen molar-refractivity contribution in [3.05, 3.63) is 18.5 Å². The molecule has 0 bridgehead atoms. The van der Waals surface area contributed by atoms with Crippen LogP contribution in [0.2, 0.25) is 0 Å². The van der Waals surface area contributed by atoms with E-state index in [-0.39, 0.29) is 17.5 Å². The predicted octanol–water partition coefficient (Wildman–Crippen LogP) is 1.79. The largest absolute Gasteiger partial charge is 0.341 e. The summed E-state index contributed by atoms with van der Waals surface area (Å²) in [4.78, 5) is 22.5. The molecule has 2 amide bonds.